The number of ether oxygens (including phenoxy) is 1. The molecule has 0 saturated carbocycles. The number of hydrogen-bond donors (Lipinski definition) is 1. The van der Waals surface area contributed by atoms with Crippen molar-refractivity contribution in [3.05, 3.63) is 0 Å². The van der Waals surface area contributed by atoms with Crippen molar-refractivity contribution in [2.45, 2.75) is 39.3 Å². The SMILES string of the molecule is COC(=O)C(CN(CCC#N)C(C)C)NC(C)=O. The first-order chi connectivity index (χ1) is 8.42. The molecule has 0 aliphatic heterocycles. The van der Waals surface area contributed by atoms with Gasteiger partial charge in [-0.15, -0.1) is 0 Å². The highest BCUT2D eigenvalue weighted by Gasteiger charge is 2.24. The summed E-state index contributed by atoms with van der Waals surface area (Å²) in [5, 5.41) is 11.1. The fourth-order valence-electron chi connectivity index (χ4n) is 1.56. The molecule has 0 radical (unpaired) electrons. The first-order valence-corrected chi connectivity index (χ1v) is 5.88. The zero-order valence-electron chi connectivity index (χ0n) is 11.4. The Morgan fingerprint density at radius 1 is 1.44 bits per heavy atom. The van der Waals surface area contributed by atoms with E-state index in [1.54, 1.807) is 0 Å². The molecule has 0 rings (SSSR count). The van der Waals surface area contributed by atoms with Gasteiger partial charge in [0.2, 0.25) is 5.91 Å². The smallest absolute Gasteiger partial charge is 0.329 e. The van der Waals surface area contributed by atoms with E-state index in [4.69, 9.17) is 5.26 Å². The molecule has 6 nitrogen and oxygen atoms in total. The quantitative estimate of drug-likeness (QED) is 0.661. The lowest BCUT2D eigenvalue weighted by Gasteiger charge is -2.29. The minimum atomic E-state index is -0.700. The molecule has 1 atom stereocenters. The predicted octanol–water partition coefficient (Wildman–Crippen LogP) is 0.288. The number of amides is 1. The topological polar surface area (TPSA) is 82.4 Å². The van der Waals surface area contributed by atoms with Crippen molar-refractivity contribution >= 4 is 11.9 Å². The molecule has 0 saturated heterocycles. The second-order valence-electron chi connectivity index (χ2n) is 4.27. The third-order valence-corrected chi connectivity index (χ3v) is 2.52. The van der Waals surface area contributed by atoms with Gasteiger partial charge in [-0.05, 0) is 13.8 Å². The molecule has 0 aliphatic carbocycles. The van der Waals surface area contributed by atoms with Crippen LogP contribution in [0.25, 0.3) is 0 Å². The van der Waals surface area contributed by atoms with Crippen LogP contribution >= 0.6 is 0 Å². The minimum absolute atomic E-state index is 0.180. The number of nitrogens with zero attached hydrogens (tertiary/aromatic N) is 2. The van der Waals surface area contributed by atoms with Crippen LogP contribution in [-0.4, -0.2) is 49.1 Å². The van der Waals surface area contributed by atoms with Crippen LogP contribution in [0.15, 0.2) is 0 Å². The van der Waals surface area contributed by atoms with Crippen LogP contribution in [-0.2, 0) is 14.3 Å². The molecule has 0 heterocycles. The molecular weight excluding hydrogens is 234 g/mol. The van der Waals surface area contributed by atoms with Crippen molar-refractivity contribution in [3.8, 4) is 6.07 Å². The summed E-state index contributed by atoms with van der Waals surface area (Å²) in [5.74, 6) is -0.762. The Balaban J connectivity index is 4.63. The molecule has 1 amide bonds. The molecule has 102 valence electrons. The summed E-state index contributed by atoms with van der Waals surface area (Å²) >= 11 is 0. The largest absolute Gasteiger partial charge is 0.467 e. The Hall–Kier alpha value is -1.61. The minimum Gasteiger partial charge on any atom is -0.467 e. The van der Waals surface area contributed by atoms with Gasteiger partial charge < -0.3 is 10.1 Å². The number of carbonyl (C=O) groups is 2. The maximum Gasteiger partial charge on any atom is 0.329 e. The summed E-state index contributed by atoms with van der Waals surface area (Å²) in [5.41, 5.74) is 0. The number of nitrogens with one attached hydrogen (secondary N) is 1. The number of rotatable bonds is 7. The zero-order chi connectivity index (χ0) is 14.1. The molecule has 0 fully saturated rings. The molecule has 0 spiro atoms. The lowest BCUT2D eigenvalue weighted by Crippen LogP contribution is -2.50. The van der Waals surface area contributed by atoms with Gasteiger partial charge >= 0.3 is 5.97 Å². The van der Waals surface area contributed by atoms with Crippen LogP contribution in [0.2, 0.25) is 0 Å². The van der Waals surface area contributed by atoms with Gasteiger partial charge in [-0.3, -0.25) is 9.69 Å². The van der Waals surface area contributed by atoms with E-state index < -0.39 is 12.0 Å². The lowest BCUT2D eigenvalue weighted by atomic mass is 10.2. The number of methoxy groups -OCH3 is 1. The third kappa shape index (κ3) is 6.21. The van der Waals surface area contributed by atoms with Gasteiger partial charge in [0.05, 0.1) is 13.2 Å². The Morgan fingerprint density at radius 3 is 2.44 bits per heavy atom. The molecule has 0 aromatic carbocycles. The normalized spacial score (nSPS) is 12.1. The average molecular weight is 255 g/mol. The maximum atomic E-state index is 11.6. The highest BCUT2D eigenvalue weighted by Crippen LogP contribution is 2.03. The Morgan fingerprint density at radius 2 is 2.06 bits per heavy atom. The molecule has 18 heavy (non-hydrogen) atoms. The van der Waals surface area contributed by atoms with Crippen LogP contribution < -0.4 is 5.32 Å². The van der Waals surface area contributed by atoms with E-state index in [0.717, 1.165) is 0 Å². The van der Waals surface area contributed by atoms with E-state index in [1.807, 2.05) is 18.7 Å². The second-order valence-corrected chi connectivity index (χ2v) is 4.27. The summed E-state index contributed by atoms with van der Waals surface area (Å²) in [4.78, 5) is 24.6. The first-order valence-electron chi connectivity index (χ1n) is 5.88. The fourth-order valence-corrected chi connectivity index (χ4v) is 1.56. The molecule has 1 unspecified atom stereocenters. The van der Waals surface area contributed by atoms with Crippen LogP contribution in [0.5, 0.6) is 0 Å². The molecule has 0 aromatic rings. The van der Waals surface area contributed by atoms with Crippen molar-refractivity contribution in [3.63, 3.8) is 0 Å². The second kappa shape index (κ2) is 8.48. The highest BCUT2D eigenvalue weighted by atomic mass is 16.5. The van der Waals surface area contributed by atoms with Gasteiger partial charge in [-0.25, -0.2) is 4.79 Å². The number of nitriles is 1. The predicted molar refractivity (Wildman–Crippen MR) is 66.6 cm³/mol. The number of hydrogen-bond acceptors (Lipinski definition) is 5. The van der Waals surface area contributed by atoms with Crippen LogP contribution in [0.4, 0.5) is 0 Å². The van der Waals surface area contributed by atoms with Crippen molar-refractivity contribution in [2.75, 3.05) is 20.2 Å². The van der Waals surface area contributed by atoms with Crippen LogP contribution in [0.1, 0.15) is 27.2 Å². The maximum absolute atomic E-state index is 11.6. The van der Waals surface area contributed by atoms with Gasteiger partial charge in [0.15, 0.2) is 0 Å². The Kier molecular flexibility index (Phi) is 7.72. The van der Waals surface area contributed by atoms with Crippen molar-refractivity contribution in [2.24, 2.45) is 0 Å². The standard InChI is InChI=1S/C12H21N3O3/c1-9(2)15(7-5-6-13)8-11(12(17)18-4)14-10(3)16/h9,11H,5,7-8H2,1-4H3,(H,14,16). The van der Waals surface area contributed by atoms with E-state index in [1.165, 1.54) is 14.0 Å². The fraction of sp³-hybridized carbons (Fsp3) is 0.750. The summed E-state index contributed by atoms with van der Waals surface area (Å²) in [6, 6.07) is 1.54. The van der Waals surface area contributed by atoms with Crippen molar-refractivity contribution < 1.29 is 14.3 Å². The molecule has 1 N–H and O–H groups in total. The van der Waals surface area contributed by atoms with Gasteiger partial charge in [0, 0.05) is 32.5 Å². The monoisotopic (exact) mass is 255 g/mol. The van der Waals surface area contributed by atoms with Crippen molar-refractivity contribution in [1.82, 2.24) is 10.2 Å². The molecule has 0 aliphatic rings. The highest BCUT2D eigenvalue weighted by molar-refractivity contribution is 5.83. The van der Waals surface area contributed by atoms with E-state index in [-0.39, 0.29) is 11.9 Å². The van der Waals surface area contributed by atoms with Gasteiger partial charge in [0.25, 0.3) is 0 Å². The number of esters is 1. The summed E-state index contributed by atoms with van der Waals surface area (Å²) in [6.45, 7) is 6.19. The average Bonchev–Trinajstić information content (AvgIpc) is 2.31. The summed E-state index contributed by atoms with van der Waals surface area (Å²) in [6.07, 6.45) is 0.381. The molecular formula is C12H21N3O3. The molecule has 0 bridgehead atoms. The summed E-state index contributed by atoms with van der Waals surface area (Å²) in [7, 11) is 1.28. The summed E-state index contributed by atoms with van der Waals surface area (Å²) < 4.78 is 4.65. The molecule has 0 aromatic heterocycles. The lowest BCUT2D eigenvalue weighted by molar-refractivity contribution is -0.145. The van der Waals surface area contributed by atoms with Crippen LogP contribution in [0, 0.1) is 11.3 Å². The van der Waals surface area contributed by atoms with Gasteiger partial charge in [-0.2, -0.15) is 5.26 Å². The van der Waals surface area contributed by atoms with Crippen LogP contribution in [0.3, 0.4) is 0 Å². The number of carbonyl (C=O) groups excluding carboxylic acids is 2. The van der Waals surface area contributed by atoms with Crippen molar-refractivity contribution in [1.29, 1.82) is 5.26 Å². The van der Waals surface area contributed by atoms with E-state index in [0.29, 0.717) is 19.5 Å². The Bertz CT molecular complexity index is 323. The van der Waals surface area contributed by atoms with Gasteiger partial charge in [0.1, 0.15) is 6.04 Å². The van der Waals surface area contributed by atoms with E-state index >= 15 is 0 Å². The Labute approximate surface area is 108 Å². The third-order valence-electron chi connectivity index (χ3n) is 2.52. The molecule has 6 heteroatoms. The van der Waals surface area contributed by atoms with Gasteiger partial charge in [-0.1, -0.05) is 0 Å². The van der Waals surface area contributed by atoms with E-state index in [2.05, 4.69) is 16.1 Å². The van der Waals surface area contributed by atoms with E-state index in [9.17, 15) is 9.59 Å². The zero-order valence-corrected chi connectivity index (χ0v) is 11.4. The first kappa shape index (κ1) is 16.4.